The van der Waals surface area contributed by atoms with Gasteiger partial charge in [-0.2, -0.15) is 0 Å². The van der Waals surface area contributed by atoms with Crippen LogP contribution in [0.4, 0.5) is 5.69 Å². The highest BCUT2D eigenvalue weighted by Gasteiger charge is 2.33. The van der Waals surface area contributed by atoms with Crippen LogP contribution in [-0.4, -0.2) is 18.0 Å². The SMILES string of the molecule is COc1ccc2nc3c(c(-c4ccccc4)c2c1)CN(c1ccccc1)C3=O. The van der Waals surface area contributed by atoms with Gasteiger partial charge in [0.1, 0.15) is 11.4 Å². The van der Waals surface area contributed by atoms with Crippen molar-refractivity contribution in [3.8, 4) is 16.9 Å². The number of fused-ring (bicyclic) bond motifs is 2. The minimum Gasteiger partial charge on any atom is -0.497 e. The van der Waals surface area contributed by atoms with Gasteiger partial charge < -0.3 is 9.64 Å². The summed E-state index contributed by atoms with van der Waals surface area (Å²) in [6.07, 6.45) is 0. The third kappa shape index (κ3) is 2.54. The molecule has 0 saturated heterocycles. The highest BCUT2D eigenvalue weighted by atomic mass is 16.5. The molecule has 4 aromatic rings. The number of benzene rings is 3. The molecule has 0 atom stereocenters. The van der Waals surface area contributed by atoms with Gasteiger partial charge in [-0.15, -0.1) is 0 Å². The van der Waals surface area contributed by atoms with E-state index in [2.05, 4.69) is 12.1 Å². The molecule has 0 aliphatic carbocycles. The number of ether oxygens (including phenoxy) is 1. The lowest BCUT2D eigenvalue weighted by Gasteiger charge is -2.15. The van der Waals surface area contributed by atoms with Gasteiger partial charge in [0.2, 0.25) is 0 Å². The van der Waals surface area contributed by atoms with Crippen molar-refractivity contribution in [2.45, 2.75) is 6.54 Å². The molecule has 5 rings (SSSR count). The molecule has 0 fully saturated rings. The summed E-state index contributed by atoms with van der Waals surface area (Å²) in [5, 5.41) is 0.993. The third-order valence-electron chi connectivity index (χ3n) is 5.19. The fourth-order valence-electron chi connectivity index (χ4n) is 3.85. The van der Waals surface area contributed by atoms with E-state index in [0.29, 0.717) is 12.2 Å². The average Bonchev–Trinajstić information content (AvgIpc) is 3.09. The fraction of sp³-hybridized carbons (Fsp3) is 0.0833. The lowest BCUT2D eigenvalue weighted by Crippen LogP contribution is -2.23. The van der Waals surface area contributed by atoms with Crippen LogP contribution in [0.2, 0.25) is 0 Å². The van der Waals surface area contributed by atoms with Crippen molar-refractivity contribution in [1.29, 1.82) is 0 Å². The average molecular weight is 366 g/mol. The van der Waals surface area contributed by atoms with E-state index in [9.17, 15) is 4.79 Å². The van der Waals surface area contributed by atoms with E-state index in [4.69, 9.17) is 9.72 Å². The van der Waals surface area contributed by atoms with Gasteiger partial charge in [0, 0.05) is 16.6 Å². The summed E-state index contributed by atoms with van der Waals surface area (Å²) in [4.78, 5) is 19.7. The molecular formula is C24H18N2O2. The molecule has 3 aromatic carbocycles. The summed E-state index contributed by atoms with van der Waals surface area (Å²) >= 11 is 0. The predicted molar refractivity (Wildman–Crippen MR) is 111 cm³/mol. The van der Waals surface area contributed by atoms with Crippen LogP contribution in [0.15, 0.2) is 78.9 Å². The van der Waals surface area contributed by atoms with Crippen LogP contribution in [0.3, 0.4) is 0 Å². The second kappa shape index (κ2) is 6.50. The van der Waals surface area contributed by atoms with E-state index in [1.807, 2.05) is 66.7 Å². The Hall–Kier alpha value is -3.66. The van der Waals surface area contributed by atoms with Crippen molar-refractivity contribution in [3.63, 3.8) is 0 Å². The molecule has 1 aromatic heterocycles. The van der Waals surface area contributed by atoms with Crippen LogP contribution in [0, 0.1) is 0 Å². The first-order valence-corrected chi connectivity index (χ1v) is 9.19. The number of carbonyl (C=O) groups is 1. The van der Waals surface area contributed by atoms with Crippen LogP contribution in [0.1, 0.15) is 16.1 Å². The van der Waals surface area contributed by atoms with Crippen molar-refractivity contribution in [3.05, 3.63) is 90.1 Å². The van der Waals surface area contributed by atoms with E-state index in [1.54, 1.807) is 12.0 Å². The van der Waals surface area contributed by atoms with E-state index >= 15 is 0 Å². The molecule has 0 saturated carbocycles. The summed E-state index contributed by atoms with van der Waals surface area (Å²) in [7, 11) is 1.66. The molecule has 1 aliphatic rings. The van der Waals surface area contributed by atoms with Crippen LogP contribution >= 0.6 is 0 Å². The highest BCUT2D eigenvalue weighted by Crippen LogP contribution is 2.39. The van der Waals surface area contributed by atoms with Crippen LogP contribution < -0.4 is 9.64 Å². The Kier molecular flexibility index (Phi) is 3.83. The third-order valence-corrected chi connectivity index (χ3v) is 5.19. The number of amides is 1. The van der Waals surface area contributed by atoms with E-state index in [-0.39, 0.29) is 5.91 Å². The van der Waals surface area contributed by atoms with E-state index < -0.39 is 0 Å². The number of aromatic nitrogens is 1. The molecule has 1 amide bonds. The fourth-order valence-corrected chi connectivity index (χ4v) is 3.85. The van der Waals surface area contributed by atoms with Gasteiger partial charge >= 0.3 is 0 Å². The summed E-state index contributed by atoms with van der Waals surface area (Å²) in [6, 6.07) is 25.7. The van der Waals surface area contributed by atoms with Gasteiger partial charge in [0.25, 0.3) is 5.91 Å². The zero-order valence-corrected chi connectivity index (χ0v) is 15.4. The number of methoxy groups -OCH3 is 1. The zero-order valence-electron chi connectivity index (χ0n) is 15.4. The number of hydrogen-bond donors (Lipinski definition) is 0. The number of pyridine rings is 1. The Morgan fingerprint density at radius 1 is 0.929 bits per heavy atom. The van der Waals surface area contributed by atoms with Gasteiger partial charge in [0.05, 0.1) is 19.2 Å². The first-order chi connectivity index (χ1) is 13.8. The summed E-state index contributed by atoms with van der Waals surface area (Å²) in [5.41, 5.74) is 5.28. The Labute approximate surface area is 163 Å². The number of nitrogens with zero attached hydrogens (tertiary/aromatic N) is 2. The molecule has 1 aliphatic heterocycles. The van der Waals surface area contributed by atoms with Gasteiger partial charge in [0.15, 0.2) is 0 Å². The van der Waals surface area contributed by atoms with Crippen LogP contribution in [0.5, 0.6) is 5.75 Å². The number of para-hydroxylation sites is 1. The summed E-state index contributed by atoms with van der Waals surface area (Å²) in [5.74, 6) is 0.715. The molecular weight excluding hydrogens is 348 g/mol. The molecule has 0 bridgehead atoms. The molecule has 2 heterocycles. The molecule has 0 radical (unpaired) electrons. The van der Waals surface area contributed by atoms with Crippen molar-refractivity contribution in [1.82, 2.24) is 4.98 Å². The Bertz CT molecular complexity index is 1190. The van der Waals surface area contributed by atoms with E-state index in [0.717, 1.165) is 39.0 Å². The minimum atomic E-state index is -0.0592. The van der Waals surface area contributed by atoms with Crippen molar-refractivity contribution in [2.75, 3.05) is 12.0 Å². The smallest absolute Gasteiger partial charge is 0.277 e. The Balaban J connectivity index is 1.78. The van der Waals surface area contributed by atoms with Crippen molar-refractivity contribution < 1.29 is 9.53 Å². The second-order valence-electron chi connectivity index (χ2n) is 6.79. The quantitative estimate of drug-likeness (QED) is 0.508. The first kappa shape index (κ1) is 16.5. The topological polar surface area (TPSA) is 42.4 Å². The summed E-state index contributed by atoms with van der Waals surface area (Å²) < 4.78 is 5.44. The number of hydrogen-bond acceptors (Lipinski definition) is 3. The molecule has 4 nitrogen and oxygen atoms in total. The predicted octanol–water partition coefficient (Wildman–Crippen LogP) is 5.07. The van der Waals surface area contributed by atoms with Crippen molar-refractivity contribution in [2.24, 2.45) is 0 Å². The second-order valence-corrected chi connectivity index (χ2v) is 6.79. The summed E-state index contributed by atoms with van der Waals surface area (Å²) in [6.45, 7) is 0.503. The maximum atomic E-state index is 13.2. The lowest BCUT2D eigenvalue weighted by molar-refractivity contribution is 0.0992. The molecule has 136 valence electrons. The normalized spacial score (nSPS) is 13.0. The van der Waals surface area contributed by atoms with Crippen molar-refractivity contribution >= 4 is 22.5 Å². The number of rotatable bonds is 3. The van der Waals surface area contributed by atoms with Crippen LogP contribution in [0.25, 0.3) is 22.0 Å². The molecule has 0 N–H and O–H groups in total. The highest BCUT2D eigenvalue weighted by molar-refractivity contribution is 6.13. The van der Waals surface area contributed by atoms with Crippen LogP contribution in [-0.2, 0) is 6.54 Å². The van der Waals surface area contributed by atoms with Gasteiger partial charge in [-0.25, -0.2) is 4.98 Å². The van der Waals surface area contributed by atoms with E-state index in [1.165, 1.54) is 0 Å². The maximum absolute atomic E-state index is 13.2. The van der Waals surface area contributed by atoms with Gasteiger partial charge in [-0.3, -0.25) is 4.79 Å². The molecule has 0 spiro atoms. The maximum Gasteiger partial charge on any atom is 0.277 e. The van der Waals surface area contributed by atoms with Gasteiger partial charge in [-0.05, 0) is 41.5 Å². The van der Waals surface area contributed by atoms with Gasteiger partial charge in [-0.1, -0.05) is 48.5 Å². The molecule has 28 heavy (non-hydrogen) atoms. The standard InChI is InChI=1S/C24H18N2O2/c1-28-18-12-13-21-19(14-18)22(16-8-4-2-5-9-16)20-15-26(24(27)23(20)25-21)17-10-6-3-7-11-17/h2-14H,15H2,1H3. The molecule has 0 unspecified atom stereocenters. The largest absolute Gasteiger partial charge is 0.497 e. The minimum absolute atomic E-state index is 0.0592. The first-order valence-electron chi connectivity index (χ1n) is 9.19. The number of carbonyl (C=O) groups excluding carboxylic acids is 1. The number of anilines is 1. The zero-order chi connectivity index (χ0) is 19.1. The Morgan fingerprint density at radius 3 is 2.36 bits per heavy atom. The molecule has 4 heteroatoms. The Morgan fingerprint density at radius 2 is 1.64 bits per heavy atom. The lowest BCUT2D eigenvalue weighted by atomic mass is 9.95. The monoisotopic (exact) mass is 366 g/mol.